The molecule has 1 aliphatic rings. The average Bonchev–Trinajstić information content (AvgIpc) is 2.19. The maximum atomic E-state index is 5.24. The highest BCUT2D eigenvalue weighted by Gasteiger charge is 2.13. The van der Waals surface area contributed by atoms with Gasteiger partial charge in [-0.05, 0) is 22.0 Å². The summed E-state index contributed by atoms with van der Waals surface area (Å²) in [5, 5.41) is 0. The van der Waals surface area contributed by atoms with Gasteiger partial charge in [0.2, 0.25) is 5.95 Å². The fraction of sp³-hybridized carbons (Fsp3) is 0.500. The Kier molecular flexibility index (Phi) is 2.75. The van der Waals surface area contributed by atoms with Gasteiger partial charge in [-0.25, -0.2) is 9.97 Å². The number of anilines is 1. The van der Waals surface area contributed by atoms with Crippen molar-refractivity contribution in [2.45, 2.75) is 0 Å². The molecular formula is C8H10BrN3O. The Morgan fingerprint density at radius 3 is 2.85 bits per heavy atom. The number of nitrogens with zero attached hydrogens (tertiary/aromatic N) is 3. The second-order valence-electron chi connectivity index (χ2n) is 2.78. The molecule has 0 aliphatic carbocycles. The smallest absolute Gasteiger partial charge is 0.226 e. The van der Waals surface area contributed by atoms with Gasteiger partial charge in [0.1, 0.15) is 4.60 Å². The minimum Gasteiger partial charge on any atom is -0.378 e. The minimum atomic E-state index is 0.760. The van der Waals surface area contributed by atoms with Gasteiger partial charge in [-0.2, -0.15) is 0 Å². The number of halogens is 1. The number of aromatic nitrogens is 2. The lowest BCUT2D eigenvalue weighted by Gasteiger charge is -2.26. The summed E-state index contributed by atoms with van der Waals surface area (Å²) in [6.07, 6.45) is 1.75. The first kappa shape index (κ1) is 8.90. The van der Waals surface area contributed by atoms with Crippen LogP contribution in [0.4, 0.5) is 5.95 Å². The van der Waals surface area contributed by atoms with Crippen LogP contribution in [0.5, 0.6) is 0 Å². The van der Waals surface area contributed by atoms with E-state index in [0.29, 0.717) is 0 Å². The zero-order valence-corrected chi connectivity index (χ0v) is 8.70. The summed E-state index contributed by atoms with van der Waals surface area (Å²) in [5.41, 5.74) is 0. The van der Waals surface area contributed by atoms with Crippen molar-refractivity contribution in [3.63, 3.8) is 0 Å². The van der Waals surface area contributed by atoms with Gasteiger partial charge in [-0.15, -0.1) is 0 Å². The van der Waals surface area contributed by atoms with Crippen LogP contribution in [0.15, 0.2) is 16.9 Å². The summed E-state index contributed by atoms with van der Waals surface area (Å²) in [6, 6.07) is 1.82. The molecule has 1 aromatic rings. The Balaban J connectivity index is 2.14. The summed E-state index contributed by atoms with van der Waals surface area (Å²) >= 11 is 3.32. The van der Waals surface area contributed by atoms with E-state index >= 15 is 0 Å². The van der Waals surface area contributed by atoms with Crippen molar-refractivity contribution in [3.05, 3.63) is 16.9 Å². The van der Waals surface area contributed by atoms with Crippen LogP contribution in [0, 0.1) is 0 Å². The van der Waals surface area contributed by atoms with Crippen molar-refractivity contribution in [1.82, 2.24) is 9.97 Å². The standard InChI is InChI=1S/C8H10BrN3O/c9-7-1-2-10-8(11-7)12-3-5-13-6-4-12/h1-2H,3-6H2. The van der Waals surface area contributed by atoms with Crippen LogP contribution in [0.3, 0.4) is 0 Å². The first-order valence-corrected chi connectivity index (χ1v) is 4.97. The Labute approximate surface area is 85.1 Å². The van der Waals surface area contributed by atoms with E-state index in [1.807, 2.05) is 6.07 Å². The highest BCUT2D eigenvalue weighted by Crippen LogP contribution is 2.12. The maximum Gasteiger partial charge on any atom is 0.226 e. The van der Waals surface area contributed by atoms with Crippen molar-refractivity contribution in [3.8, 4) is 0 Å². The topological polar surface area (TPSA) is 38.2 Å². The van der Waals surface area contributed by atoms with Gasteiger partial charge >= 0.3 is 0 Å². The SMILES string of the molecule is Brc1ccnc(N2CCOCC2)n1. The average molecular weight is 244 g/mol. The van der Waals surface area contributed by atoms with Gasteiger partial charge in [0.25, 0.3) is 0 Å². The Hall–Kier alpha value is -0.680. The van der Waals surface area contributed by atoms with E-state index in [1.165, 1.54) is 0 Å². The molecule has 1 saturated heterocycles. The minimum absolute atomic E-state index is 0.760. The van der Waals surface area contributed by atoms with Crippen molar-refractivity contribution in [2.75, 3.05) is 31.2 Å². The van der Waals surface area contributed by atoms with E-state index in [2.05, 4.69) is 30.8 Å². The Morgan fingerprint density at radius 2 is 2.15 bits per heavy atom. The number of ether oxygens (including phenoxy) is 1. The molecule has 5 heteroatoms. The molecule has 0 atom stereocenters. The van der Waals surface area contributed by atoms with Crippen LogP contribution in [-0.4, -0.2) is 36.3 Å². The van der Waals surface area contributed by atoms with E-state index in [4.69, 9.17) is 4.74 Å². The molecule has 1 aromatic heterocycles. The Morgan fingerprint density at radius 1 is 1.38 bits per heavy atom. The number of morpholine rings is 1. The summed E-state index contributed by atoms with van der Waals surface area (Å²) in [5.74, 6) is 0.776. The summed E-state index contributed by atoms with van der Waals surface area (Å²) < 4.78 is 6.07. The second-order valence-corrected chi connectivity index (χ2v) is 3.59. The van der Waals surface area contributed by atoms with Gasteiger partial charge < -0.3 is 9.64 Å². The van der Waals surface area contributed by atoms with Gasteiger partial charge in [0.15, 0.2) is 0 Å². The summed E-state index contributed by atoms with van der Waals surface area (Å²) in [4.78, 5) is 10.6. The van der Waals surface area contributed by atoms with Gasteiger partial charge in [-0.1, -0.05) is 0 Å². The van der Waals surface area contributed by atoms with Crippen molar-refractivity contribution < 1.29 is 4.74 Å². The van der Waals surface area contributed by atoms with E-state index in [-0.39, 0.29) is 0 Å². The number of hydrogen-bond acceptors (Lipinski definition) is 4. The molecule has 1 fully saturated rings. The van der Waals surface area contributed by atoms with Crippen molar-refractivity contribution in [1.29, 1.82) is 0 Å². The fourth-order valence-corrected chi connectivity index (χ4v) is 1.52. The quantitative estimate of drug-likeness (QED) is 0.693. The molecule has 2 rings (SSSR count). The number of hydrogen-bond donors (Lipinski definition) is 0. The molecule has 0 spiro atoms. The highest BCUT2D eigenvalue weighted by molar-refractivity contribution is 9.10. The third-order valence-corrected chi connectivity index (χ3v) is 2.34. The van der Waals surface area contributed by atoms with Crippen LogP contribution in [0.2, 0.25) is 0 Å². The lowest BCUT2D eigenvalue weighted by Crippen LogP contribution is -2.37. The molecule has 0 saturated carbocycles. The number of rotatable bonds is 1. The molecule has 0 unspecified atom stereocenters. The highest BCUT2D eigenvalue weighted by atomic mass is 79.9. The van der Waals surface area contributed by atoms with Crippen LogP contribution in [0.1, 0.15) is 0 Å². The van der Waals surface area contributed by atoms with Crippen LogP contribution in [0.25, 0.3) is 0 Å². The van der Waals surface area contributed by atoms with Crippen LogP contribution in [-0.2, 0) is 4.74 Å². The zero-order valence-electron chi connectivity index (χ0n) is 7.11. The first-order valence-electron chi connectivity index (χ1n) is 4.17. The van der Waals surface area contributed by atoms with Crippen LogP contribution >= 0.6 is 15.9 Å². The second kappa shape index (κ2) is 4.02. The van der Waals surface area contributed by atoms with Gasteiger partial charge in [0, 0.05) is 19.3 Å². The van der Waals surface area contributed by atoms with E-state index < -0.39 is 0 Å². The summed E-state index contributed by atoms with van der Waals surface area (Å²) in [7, 11) is 0. The van der Waals surface area contributed by atoms with E-state index in [0.717, 1.165) is 36.9 Å². The van der Waals surface area contributed by atoms with E-state index in [1.54, 1.807) is 6.20 Å². The summed E-state index contributed by atoms with van der Waals surface area (Å²) in [6.45, 7) is 3.26. The molecule has 1 aliphatic heterocycles. The molecule has 0 N–H and O–H groups in total. The molecular weight excluding hydrogens is 234 g/mol. The third-order valence-electron chi connectivity index (χ3n) is 1.90. The largest absolute Gasteiger partial charge is 0.378 e. The molecule has 0 aromatic carbocycles. The van der Waals surface area contributed by atoms with Crippen molar-refractivity contribution >= 4 is 21.9 Å². The maximum absolute atomic E-state index is 5.24. The van der Waals surface area contributed by atoms with Gasteiger partial charge in [-0.3, -0.25) is 0 Å². The molecule has 0 bridgehead atoms. The Bertz CT molecular complexity index is 288. The monoisotopic (exact) mass is 243 g/mol. The van der Waals surface area contributed by atoms with E-state index in [9.17, 15) is 0 Å². The molecule has 4 nitrogen and oxygen atoms in total. The fourth-order valence-electron chi connectivity index (χ4n) is 1.24. The van der Waals surface area contributed by atoms with Crippen LogP contribution < -0.4 is 4.90 Å². The lowest BCUT2D eigenvalue weighted by molar-refractivity contribution is 0.122. The lowest BCUT2D eigenvalue weighted by atomic mass is 10.4. The first-order chi connectivity index (χ1) is 6.36. The predicted octanol–water partition coefficient (Wildman–Crippen LogP) is 1.08. The third kappa shape index (κ3) is 2.16. The molecule has 2 heterocycles. The molecule has 0 radical (unpaired) electrons. The van der Waals surface area contributed by atoms with Crippen molar-refractivity contribution in [2.24, 2.45) is 0 Å². The normalized spacial score (nSPS) is 17.5. The molecule has 70 valence electrons. The molecule has 13 heavy (non-hydrogen) atoms. The predicted molar refractivity (Wildman–Crippen MR) is 52.8 cm³/mol. The van der Waals surface area contributed by atoms with Gasteiger partial charge in [0.05, 0.1) is 13.2 Å². The zero-order chi connectivity index (χ0) is 9.10. The molecule has 0 amide bonds.